The fraction of sp³-hybridized carbons (Fsp3) is 0.125. The number of nitrogens with one attached hydrogen (secondary N) is 2. The van der Waals surface area contributed by atoms with Crippen molar-refractivity contribution in [1.29, 1.82) is 0 Å². The third kappa shape index (κ3) is 4.06. The average Bonchev–Trinajstić information content (AvgIpc) is 3.11. The van der Waals surface area contributed by atoms with E-state index in [1.54, 1.807) is 6.07 Å². The van der Waals surface area contributed by atoms with E-state index in [0.717, 1.165) is 6.07 Å². The summed E-state index contributed by atoms with van der Waals surface area (Å²) < 4.78 is 47.0. The number of alkyl halides is 3. The lowest BCUT2D eigenvalue weighted by Gasteiger charge is -2.30. The van der Waals surface area contributed by atoms with Crippen LogP contribution in [0.4, 0.5) is 24.5 Å². The molecule has 0 saturated heterocycles. The molecule has 1 unspecified atom stereocenters. The first-order chi connectivity index (χ1) is 16.6. The van der Waals surface area contributed by atoms with Crippen LogP contribution in [-0.4, -0.2) is 17.6 Å². The number of hydrazine groups is 1. The second kappa shape index (κ2) is 8.76. The highest BCUT2D eigenvalue weighted by Crippen LogP contribution is 2.52. The number of halogens is 3. The highest BCUT2D eigenvalue weighted by atomic mass is 19.4. The second-order valence-corrected chi connectivity index (χ2v) is 7.90. The van der Waals surface area contributed by atoms with Gasteiger partial charge in [0.15, 0.2) is 0 Å². The van der Waals surface area contributed by atoms with Crippen molar-refractivity contribution in [2.24, 2.45) is 11.6 Å². The molecule has 1 heterocycles. The summed E-state index contributed by atoms with van der Waals surface area (Å²) in [5, 5.41) is 12.2. The predicted molar refractivity (Wildman–Crippen MR) is 124 cm³/mol. The fourth-order valence-corrected chi connectivity index (χ4v) is 4.22. The summed E-state index contributed by atoms with van der Waals surface area (Å²) in [5.41, 5.74) is 12.3. The predicted octanol–water partition coefficient (Wildman–Crippen LogP) is 2.92. The first-order valence-electron chi connectivity index (χ1n) is 10.3. The van der Waals surface area contributed by atoms with Gasteiger partial charge < -0.3 is 32.1 Å². The number of ether oxygens (including phenoxy) is 1. The van der Waals surface area contributed by atoms with Crippen LogP contribution in [0, 0.1) is 0 Å². The maximum Gasteiger partial charge on any atom is 0.418 e. The third-order valence-electron chi connectivity index (χ3n) is 5.76. The van der Waals surface area contributed by atoms with Gasteiger partial charge in [-0.15, -0.1) is 0 Å². The molecule has 11 heteroatoms. The highest BCUT2D eigenvalue weighted by Gasteiger charge is 2.52. The molecule has 1 amide bonds. The van der Waals surface area contributed by atoms with Gasteiger partial charge in [0.05, 0.1) is 22.6 Å². The lowest BCUT2D eigenvalue weighted by Crippen LogP contribution is -2.37. The van der Waals surface area contributed by atoms with Crippen LogP contribution >= 0.6 is 0 Å². The van der Waals surface area contributed by atoms with E-state index in [0.29, 0.717) is 11.1 Å². The lowest BCUT2D eigenvalue weighted by atomic mass is 9.70. The Morgan fingerprint density at radius 3 is 2.46 bits per heavy atom. The van der Waals surface area contributed by atoms with Crippen LogP contribution in [0.15, 0.2) is 72.6 Å². The standard InChI is InChI=1S/C24H22F3N5O3/c25-24(26,27)18-3-1-2-17-21(18)32-22(34)23(17,13-4-7-16(33)8-5-13)14-6-9-19(29)20(10-14)35-12-15(28)11-31-30/h1-11,31,33H,12,28-30H2,(H,32,34)/b15-11-. The van der Waals surface area contributed by atoms with Crippen molar-refractivity contribution in [2.75, 3.05) is 17.7 Å². The van der Waals surface area contributed by atoms with Gasteiger partial charge in [-0.3, -0.25) is 10.6 Å². The number of nitrogen functional groups attached to an aromatic ring is 1. The maximum absolute atomic E-state index is 13.8. The molecule has 3 aromatic rings. The van der Waals surface area contributed by atoms with E-state index < -0.39 is 23.1 Å². The minimum atomic E-state index is -4.69. The number of phenols is 1. The van der Waals surface area contributed by atoms with Gasteiger partial charge in [-0.2, -0.15) is 13.2 Å². The van der Waals surface area contributed by atoms with Crippen molar-refractivity contribution in [3.63, 3.8) is 0 Å². The Balaban J connectivity index is 1.96. The summed E-state index contributed by atoms with van der Waals surface area (Å²) in [6.45, 7) is -0.0922. The molecule has 1 aliphatic heterocycles. The van der Waals surface area contributed by atoms with Crippen LogP contribution in [0.5, 0.6) is 11.5 Å². The number of hydrogen-bond donors (Lipinski definition) is 6. The normalized spacial score (nSPS) is 17.6. The van der Waals surface area contributed by atoms with Gasteiger partial charge >= 0.3 is 6.18 Å². The third-order valence-corrected chi connectivity index (χ3v) is 5.76. The first kappa shape index (κ1) is 23.8. The van der Waals surface area contributed by atoms with E-state index in [9.17, 15) is 23.1 Å². The van der Waals surface area contributed by atoms with Crippen molar-refractivity contribution in [2.45, 2.75) is 11.6 Å². The number of benzene rings is 3. The molecule has 1 atom stereocenters. The molecule has 1 aliphatic rings. The number of aromatic hydroxyl groups is 1. The fourth-order valence-electron chi connectivity index (χ4n) is 4.22. The summed E-state index contributed by atoms with van der Waals surface area (Å²) in [7, 11) is 0. The Labute approximate surface area is 198 Å². The number of para-hydroxylation sites is 1. The molecule has 0 aromatic heterocycles. The zero-order valence-electron chi connectivity index (χ0n) is 18.2. The SMILES string of the molecule is NN/C=C(\N)COc1cc(C2(c3ccc(O)cc3)C(=O)Nc3c(C(F)(F)F)cccc32)ccc1N. The molecule has 0 fully saturated rings. The summed E-state index contributed by atoms with van der Waals surface area (Å²) >= 11 is 0. The number of carbonyl (C=O) groups excluding carboxylic acids is 1. The van der Waals surface area contributed by atoms with Crippen LogP contribution < -0.4 is 32.8 Å². The number of carbonyl (C=O) groups is 1. The van der Waals surface area contributed by atoms with Crippen LogP contribution in [0.3, 0.4) is 0 Å². The van der Waals surface area contributed by atoms with Crippen LogP contribution in [0.1, 0.15) is 22.3 Å². The Morgan fingerprint density at radius 1 is 1.11 bits per heavy atom. The minimum absolute atomic E-state index is 0.0660. The molecule has 9 N–H and O–H groups in total. The van der Waals surface area contributed by atoms with Gasteiger partial charge in [0.2, 0.25) is 5.91 Å². The second-order valence-electron chi connectivity index (χ2n) is 7.90. The number of fused-ring (bicyclic) bond motifs is 1. The summed E-state index contributed by atoms with van der Waals surface area (Å²) in [6, 6.07) is 13.8. The summed E-state index contributed by atoms with van der Waals surface area (Å²) in [6.07, 6.45) is -3.38. The molecule has 0 spiro atoms. The zero-order chi connectivity index (χ0) is 25.4. The quantitative estimate of drug-likeness (QED) is 0.179. The van der Waals surface area contributed by atoms with Crippen molar-refractivity contribution in [1.82, 2.24) is 5.43 Å². The Morgan fingerprint density at radius 2 is 1.80 bits per heavy atom. The highest BCUT2D eigenvalue weighted by molar-refractivity contribution is 6.12. The number of nitrogens with two attached hydrogens (primary N) is 3. The number of anilines is 2. The molecule has 8 nitrogen and oxygen atoms in total. The topological polar surface area (TPSA) is 149 Å². The first-order valence-corrected chi connectivity index (χ1v) is 10.3. The Kier molecular flexibility index (Phi) is 5.95. The van der Waals surface area contributed by atoms with Gasteiger partial charge in [0.1, 0.15) is 23.5 Å². The van der Waals surface area contributed by atoms with Gasteiger partial charge in [-0.05, 0) is 41.5 Å². The van der Waals surface area contributed by atoms with Crippen LogP contribution in [-0.2, 0) is 16.4 Å². The summed E-state index contributed by atoms with van der Waals surface area (Å²) in [4.78, 5) is 13.6. The van der Waals surface area contributed by atoms with Crippen LogP contribution in [0.2, 0.25) is 0 Å². The zero-order valence-corrected chi connectivity index (χ0v) is 18.2. The monoisotopic (exact) mass is 485 g/mol. The van der Waals surface area contributed by atoms with Crippen molar-refractivity contribution < 1.29 is 27.8 Å². The van der Waals surface area contributed by atoms with Crippen molar-refractivity contribution in [3.05, 3.63) is 94.8 Å². The van der Waals surface area contributed by atoms with E-state index in [4.69, 9.17) is 22.0 Å². The Bertz CT molecular complexity index is 1310. The van der Waals surface area contributed by atoms with Crippen LogP contribution in [0.25, 0.3) is 0 Å². The van der Waals surface area contributed by atoms with Crippen molar-refractivity contribution >= 4 is 17.3 Å². The van der Waals surface area contributed by atoms with E-state index in [1.165, 1.54) is 54.7 Å². The largest absolute Gasteiger partial charge is 0.508 e. The Hall–Kier alpha value is -4.38. The van der Waals surface area contributed by atoms with E-state index >= 15 is 0 Å². The van der Waals surface area contributed by atoms with E-state index in [1.807, 2.05) is 0 Å². The molecule has 0 bridgehead atoms. The molecule has 35 heavy (non-hydrogen) atoms. The number of hydrogen-bond acceptors (Lipinski definition) is 7. The summed E-state index contributed by atoms with van der Waals surface area (Å²) in [5.74, 6) is 4.61. The minimum Gasteiger partial charge on any atom is -0.508 e. The number of amides is 1. The lowest BCUT2D eigenvalue weighted by molar-refractivity contribution is -0.136. The molecule has 0 radical (unpaired) electrons. The molecule has 4 rings (SSSR count). The number of rotatable bonds is 6. The average molecular weight is 485 g/mol. The molecular weight excluding hydrogens is 463 g/mol. The van der Waals surface area contributed by atoms with Gasteiger partial charge in [-0.25, -0.2) is 0 Å². The molecule has 3 aromatic carbocycles. The van der Waals surface area contributed by atoms with Gasteiger partial charge in [0.25, 0.3) is 0 Å². The van der Waals surface area contributed by atoms with Gasteiger partial charge in [0, 0.05) is 11.8 Å². The molecule has 0 aliphatic carbocycles. The number of phenolic OH excluding ortho intramolecular Hbond substituents is 1. The molecule has 0 saturated carbocycles. The van der Waals surface area contributed by atoms with Gasteiger partial charge in [-0.1, -0.05) is 30.3 Å². The van der Waals surface area contributed by atoms with E-state index in [2.05, 4.69) is 10.7 Å². The maximum atomic E-state index is 13.8. The smallest absolute Gasteiger partial charge is 0.418 e. The van der Waals surface area contributed by atoms with E-state index in [-0.39, 0.29) is 40.7 Å². The molecule has 182 valence electrons. The van der Waals surface area contributed by atoms with Crippen molar-refractivity contribution in [3.8, 4) is 11.5 Å². The molecular formula is C24H22F3N5O3.